The fraction of sp³-hybridized carbons (Fsp3) is 0.636. The van der Waals surface area contributed by atoms with Gasteiger partial charge in [-0.3, -0.25) is 0 Å². The maximum absolute atomic E-state index is 9.65. The van der Waals surface area contributed by atoms with Crippen LogP contribution in [-0.4, -0.2) is 59.7 Å². The minimum Gasteiger partial charge on any atom is -0.385 e. The van der Waals surface area contributed by atoms with Crippen LogP contribution in [0.3, 0.4) is 0 Å². The molecule has 1 aromatic heterocycles. The fourth-order valence-corrected chi connectivity index (χ4v) is 1.87. The molecule has 0 aromatic carbocycles. The maximum atomic E-state index is 9.65. The summed E-state index contributed by atoms with van der Waals surface area (Å²) in [6.45, 7) is 4.13. The van der Waals surface area contributed by atoms with Crippen molar-refractivity contribution in [1.29, 1.82) is 0 Å². The molecule has 0 spiro atoms. The van der Waals surface area contributed by atoms with Gasteiger partial charge in [-0.25, -0.2) is 9.97 Å². The van der Waals surface area contributed by atoms with E-state index in [-0.39, 0.29) is 6.54 Å². The van der Waals surface area contributed by atoms with E-state index < -0.39 is 6.10 Å². The molecule has 6 nitrogen and oxygen atoms in total. The third kappa shape index (κ3) is 2.91. The summed E-state index contributed by atoms with van der Waals surface area (Å²) < 4.78 is 0. The van der Waals surface area contributed by atoms with Crippen LogP contribution in [0.2, 0.25) is 0 Å². The van der Waals surface area contributed by atoms with Crippen molar-refractivity contribution in [2.45, 2.75) is 6.10 Å². The Bertz CT molecular complexity index is 365. The molecule has 1 aliphatic rings. The van der Waals surface area contributed by atoms with Crippen LogP contribution >= 0.6 is 0 Å². The van der Waals surface area contributed by atoms with Crippen LogP contribution in [0.25, 0.3) is 0 Å². The summed E-state index contributed by atoms with van der Waals surface area (Å²) >= 11 is 0. The van der Waals surface area contributed by atoms with E-state index in [9.17, 15) is 5.11 Å². The lowest BCUT2D eigenvalue weighted by Crippen LogP contribution is -2.44. The Morgan fingerprint density at radius 3 is 2.71 bits per heavy atom. The van der Waals surface area contributed by atoms with Crippen LogP contribution in [0.15, 0.2) is 12.4 Å². The highest BCUT2D eigenvalue weighted by Crippen LogP contribution is 2.16. The highest BCUT2D eigenvalue weighted by molar-refractivity contribution is 5.40. The SMILES string of the molecule is CN1CCN(c2cc(C(O)CN)ncn2)CC1. The molecule has 2 heterocycles. The molecule has 0 bridgehead atoms. The molecule has 0 amide bonds. The third-order valence-corrected chi connectivity index (χ3v) is 3.07. The lowest BCUT2D eigenvalue weighted by atomic mass is 10.2. The number of aromatic nitrogens is 2. The second-order valence-electron chi connectivity index (χ2n) is 4.34. The molecule has 1 atom stereocenters. The van der Waals surface area contributed by atoms with Crippen molar-refractivity contribution in [3.05, 3.63) is 18.1 Å². The maximum Gasteiger partial charge on any atom is 0.132 e. The van der Waals surface area contributed by atoms with Gasteiger partial charge >= 0.3 is 0 Å². The standard InChI is InChI=1S/C11H19N5O/c1-15-2-4-16(5-3-15)11-6-9(10(17)7-12)13-8-14-11/h6,8,10,17H,2-5,7,12H2,1H3. The van der Waals surface area contributed by atoms with Gasteiger partial charge in [-0.2, -0.15) is 0 Å². The molecule has 17 heavy (non-hydrogen) atoms. The number of piperazine rings is 1. The average molecular weight is 237 g/mol. The molecule has 94 valence electrons. The molecule has 2 rings (SSSR count). The van der Waals surface area contributed by atoms with E-state index in [1.54, 1.807) is 0 Å². The summed E-state index contributed by atoms with van der Waals surface area (Å²) in [6.07, 6.45) is 0.784. The quantitative estimate of drug-likeness (QED) is 0.718. The fourth-order valence-electron chi connectivity index (χ4n) is 1.87. The van der Waals surface area contributed by atoms with Gasteiger partial charge in [-0.15, -0.1) is 0 Å². The Hall–Kier alpha value is -1.24. The minimum absolute atomic E-state index is 0.180. The lowest BCUT2D eigenvalue weighted by molar-refractivity contribution is 0.181. The van der Waals surface area contributed by atoms with Gasteiger partial charge in [0.25, 0.3) is 0 Å². The van der Waals surface area contributed by atoms with Crippen molar-refractivity contribution in [1.82, 2.24) is 14.9 Å². The monoisotopic (exact) mass is 237 g/mol. The van der Waals surface area contributed by atoms with Gasteiger partial charge < -0.3 is 20.6 Å². The lowest BCUT2D eigenvalue weighted by Gasteiger charge is -2.33. The van der Waals surface area contributed by atoms with E-state index in [1.807, 2.05) is 6.07 Å². The minimum atomic E-state index is -0.704. The molecule has 1 aliphatic heterocycles. The molecule has 1 saturated heterocycles. The second-order valence-corrected chi connectivity index (χ2v) is 4.34. The van der Waals surface area contributed by atoms with Crippen molar-refractivity contribution >= 4 is 5.82 Å². The summed E-state index contributed by atoms with van der Waals surface area (Å²) in [5.41, 5.74) is 6.01. The summed E-state index contributed by atoms with van der Waals surface area (Å²) in [4.78, 5) is 12.8. The van der Waals surface area contributed by atoms with Crippen molar-refractivity contribution < 1.29 is 5.11 Å². The zero-order valence-corrected chi connectivity index (χ0v) is 10.1. The van der Waals surface area contributed by atoms with E-state index in [2.05, 4.69) is 26.8 Å². The van der Waals surface area contributed by atoms with E-state index in [1.165, 1.54) is 6.33 Å². The molecular formula is C11H19N5O. The topological polar surface area (TPSA) is 78.5 Å². The molecule has 0 aliphatic carbocycles. The number of nitrogens with two attached hydrogens (primary N) is 1. The zero-order valence-electron chi connectivity index (χ0n) is 10.1. The van der Waals surface area contributed by atoms with Gasteiger partial charge in [0.05, 0.1) is 5.69 Å². The first-order valence-electron chi connectivity index (χ1n) is 5.84. The van der Waals surface area contributed by atoms with Gasteiger partial charge in [-0.05, 0) is 7.05 Å². The van der Waals surface area contributed by atoms with Crippen LogP contribution in [0, 0.1) is 0 Å². The molecule has 3 N–H and O–H groups in total. The Kier molecular flexibility index (Phi) is 3.88. The van der Waals surface area contributed by atoms with Gasteiger partial charge in [0.1, 0.15) is 18.2 Å². The van der Waals surface area contributed by atoms with Crippen molar-refractivity contribution in [2.75, 3.05) is 44.7 Å². The molecular weight excluding hydrogens is 218 g/mol. The number of anilines is 1. The predicted octanol–water partition coefficient (Wildman–Crippen LogP) is -0.779. The molecule has 1 fully saturated rings. The predicted molar refractivity (Wildman–Crippen MR) is 65.8 cm³/mol. The second kappa shape index (κ2) is 5.39. The van der Waals surface area contributed by atoms with Crippen LogP contribution in [0.1, 0.15) is 11.8 Å². The van der Waals surface area contributed by atoms with E-state index in [0.29, 0.717) is 5.69 Å². The average Bonchev–Trinajstić information content (AvgIpc) is 2.39. The van der Waals surface area contributed by atoms with Crippen LogP contribution in [0.4, 0.5) is 5.82 Å². The summed E-state index contributed by atoms with van der Waals surface area (Å²) in [5.74, 6) is 0.871. The largest absolute Gasteiger partial charge is 0.385 e. The van der Waals surface area contributed by atoms with Gasteiger partial charge in [-0.1, -0.05) is 0 Å². The number of rotatable bonds is 3. The van der Waals surface area contributed by atoms with Crippen LogP contribution in [0.5, 0.6) is 0 Å². The number of hydrogen-bond donors (Lipinski definition) is 2. The summed E-state index contributed by atoms with van der Waals surface area (Å²) in [6, 6.07) is 1.82. The van der Waals surface area contributed by atoms with E-state index >= 15 is 0 Å². The Labute approximate surface area is 101 Å². The Morgan fingerprint density at radius 1 is 1.35 bits per heavy atom. The molecule has 0 radical (unpaired) electrons. The third-order valence-electron chi connectivity index (χ3n) is 3.07. The molecule has 1 unspecified atom stereocenters. The van der Waals surface area contributed by atoms with Crippen molar-refractivity contribution in [3.63, 3.8) is 0 Å². The number of aliphatic hydroxyl groups excluding tert-OH is 1. The highest BCUT2D eigenvalue weighted by atomic mass is 16.3. The first-order chi connectivity index (χ1) is 8.20. The van der Waals surface area contributed by atoms with E-state index in [4.69, 9.17) is 5.73 Å². The highest BCUT2D eigenvalue weighted by Gasteiger charge is 2.16. The zero-order chi connectivity index (χ0) is 12.3. The number of aliphatic hydroxyl groups is 1. The molecule has 1 aromatic rings. The van der Waals surface area contributed by atoms with Crippen molar-refractivity contribution in [3.8, 4) is 0 Å². The number of hydrogen-bond acceptors (Lipinski definition) is 6. The number of likely N-dealkylation sites (N-methyl/N-ethyl adjacent to an activating group) is 1. The smallest absolute Gasteiger partial charge is 0.132 e. The Morgan fingerprint density at radius 2 is 2.06 bits per heavy atom. The van der Waals surface area contributed by atoms with Crippen LogP contribution in [-0.2, 0) is 0 Å². The van der Waals surface area contributed by atoms with Gasteiger partial charge in [0, 0.05) is 38.8 Å². The van der Waals surface area contributed by atoms with Crippen LogP contribution < -0.4 is 10.6 Å². The Balaban J connectivity index is 2.10. The number of nitrogens with zero attached hydrogens (tertiary/aromatic N) is 4. The van der Waals surface area contributed by atoms with Crippen molar-refractivity contribution in [2.24, 2.45) is 5.73 Å². The molecule has 6 heteroatoms. The van der Waals surface area contributed by atoms with Gasteiger partial charge in [0.15, 0.2) is 0 Å². The summed E-state index contributed by atoms with van der Waals surface area (Å²) in [7, 11) is 2.11. The normalized spacial score (nSPS) is 19.4. The van der Waals surface area contributed by atoms with E-state index in [0.717, 1.165) is 32.0 Å². The summed E-state index contributed by atoms with van der Waals surface area (Å²) in [5, 5.41) is 9.65. The molecule has 0 saturated carbocycles. The first-order valence-corrected chi connectivity index (χ1v) is 5.84. The first kappa shape index (κ1) is 12.2. The van der Waals surface area contributed by atoms with Gasteiger partial charge in [0.2, 0.25) is 0 Å².